The topological polar surface area (TPSA) is 138 Å². The number of alkyl halides is 6. The Kier molecular flexibility index (Phi) is 20.2. The number of hydrogen-bond acceptors (Lipinski definition) is 6. The van der Waals surface area contributed by atoms with Gasteiger partial charge < -0.3 is 11.2 Å². The molecule has 0 saturated heterocycles. The number of anilines is 1. The maximum Gasteiger partial charge on any atom is 1.00 e. The second-order valence-electron chi connectivity index (χ2n) is 8.99. The van der Waals surface area contributed by atoms with Crippen molar-refractivity contribution in [1.82, 2.24) is 9.97 Å². The van der Waals surface area contributed by atoms with Crippen molar-refractivity contribution in [3.05, 3.63) is 126 Å². The van der Waals surface area contributed by atoms with Crippen molar-refractivity contribution >= 4 is 122 Å². The Labute approximate surface area is 363 Å². The zero-order chi connectivity index (χ0) is 39.2. The Balaban J connectivity index is 0.000000822. The van der Waals surface area contributed by atoms with Crippen LogP contribution in [0.5, 0.6) is 0 Å². The van der Waals surface area contributed by atoms with Crippen LogP contribution >= 0.6 is 104 Å². The van der Waals surface area contributed by atoms with Crippen LogP contribution in [0, 0.1) is 35.8 Å². The molecule has 24 heteroatoms. The molecule has 0 atom stereocenters. The molecule has 0 aliphatic carbocycles. The van der Waals surface area contributed by atoms with Gasteiger partial charge in [-0.1, -0.05) is 104 Å². The van der Waals surface area contributed by atoms with E-state index in [1.807, 2.05) is 6.07 Å². The van der Waals surface area contributed by atoms with Crippen molar-refractivity contribution in [2.45, 2.75) is 18.8 Å². The average molecular weight is 927 g/mol. The first-order valence-corrected chi connectivity index (χ1v) is 15.8. The van der Waals surface area contributed by atoms with E-state index in [0.29, 0.717) is 12.4 Å². The quantitative estimate of drug-likeness (QED) is 0.0698. The molecule has 2 aromatic carbocycles. The SMILES string of the molecule is Nc1ncc(C(F)(F)F)cc1Cl.[C-]#[N+]c1c(Cl)c(Cl)c(Cc2ncc(C(F)(F)F)cc2Cl)c(C#N)c1Cl.[C-]#[N+]c1c(Cl)c(Cl)c(Cl)c(C#N)c1Cl.[Na+].[OH-]. The summed E-state index contributed by atoms with van der Waals surface area (Å²) < 4.78 is 73.9. The fourth-order valence-electron chi connectivity index (χ4n) is 3.41. The first kappa shape index (κ1) is 50.6. The van der Waals surface area contributed by atoms with Crippen LogP contribution < -0.4 is 35.3 Å². The van der Waals surface area contributed by atoms with Crippen molar-refractivity contribution in [3.8, 4) is 12.1 Å². The molecule has 0 amide bonds. The third-order valence-corrected chi connectivity index (χ3v) is 9.43. The molecule has 0 bridgehead atoms. The molecule has 0 unspecified atom stereocenters. The molecule has 0 aliphatic rings. The smallest absolute Gasteiger partial charge is 0.870 e. The van der Waals surface area contributed by atoms with E-state index >= 15 is 0 Å². The Morgan fingerprint density at radius 2 is 1.06 bits per heavy atom. The van der Waals surface area contributed by atoms with Crippen LogP contribution in [-0.4, -0.2) is 15.4 Å². The van der Waals surface area contributed by atoms with Gasteiger partial charge in [0.05, 0.1) is 92.4 Å². The predicted molar refractivity (Wildman–Crippen MR) is 188 cm³/mol. The number of hydrogen-bond donors (Lipinski definition) is 1. The maximum atomic E-state index is 12.7. The van der Waals surface area contributed by atoms with Gasteiger partial charge >= 0.3 is 41.9 Å². The summed E-state index contributed by atoms with van der Waals surface area (Å²) in [5.74, 6) is -0.107. The fraction of sp³-hybridized carbons (Fsp3) is 0.103. The summed E-state index contributed by atoms with van der Waals surface area (Å²) in [5.41, 5.74) is 3.01. The van der Waals surface area contributed by atoms with E-state index in [9.17, 15) is 31.6 Å². The number of pyridine rings is 2. The minimum atomic E-state index is -4.59. The summed E-state index contributed by atoms with van der Waals surface area (Å²) in [6, 6.07) is 5.03. The molecular weight excluding hydrogens is 918 g/mol. The van der Waals surface area contributed by atoms with Crippen LogP contribution in [-0.2, 0) is 18.8 Å². The van der Waals surface area contributed by atoms with Crippen LogP contribution in [0.4, 0.5) is 43.5 Å². The Hall–Kier alpha value is -2.35. The molecule has 3 N–H and O–H groups in total. The van der Waals surface area contributed by atoms with Gasteiger partial charge in [-0.05, 0) is 17.7 Å². The first-order chi connectivity index (χ1) is 23.6. The van der Waals surface area contributed by atoms with Gasteiger partial charge in [0.15, 0.2) is 0 Å². The molecule has 272 valence electrons. The number of nitrogen functional groups attached to an aromatic ring is 1. The van der Waals surface area contributed by atoms with Crippen molar-refractivity contribution in [1.29, 1.82) is 10.5 Å². The second-order valence-corrected chi connectivity index (χ2v) is 12.4. The summed E-state index contributed by atoms with van der Waals surface area (Å²) in [6.45, 7) is 13.9. The van der Waals surface area contributed by atoms with Gasteiger partial charge in [-0.25, -0.2) is 14.7 Å². The van der Waals surface area contributed by atoms with E-state index in [1.165, 1.54) is 0 Å². The third kappa shape index (κ3) is 12.3. The van der Waals surface area contributed by atoms with E-state index in [1.54, 1.807) is 6.07 Å². The molecule has 0 radical (unpaired) electrons. The number of rotatable bonds is 2. The first-order valence-electron chi connectivity index (χ1n) is 12.4. The molecule has 8 nitrogen and oxygen atoms in total. The standard InChI is InChI=1S/C15H4Cl4F3N3.C8Cl4N2.C6H4ClF3N2.Na.H2O/c1-24-14-12(18)8(4-23)7(11(17)13(14)19)3-10-9(16)2-6(5-25-10)15(20,21)22;1-14-8-5(10)3(2-13)4(9)6(11)7(8)12;7-4-1-3(6(8,9)10)2-12-5(4)11;;/h2,5H,3H2;;1-2H,(H2,11,12);;1H2/q;;;+1;/p-1. The number of benzene rings is 2. The minimum absolute atomic E-state index is 0. The van der Waals surface area contributed by atoms with E-state index in [2.05, 4.69) is 19.7 Å². The fourth-order valence-corrected chi connectivity index (χ4v) is 5.72. The molecule has 4 rings (SSSR count). The Morgan fingerprint density at radius 3 is 1.45 bits per heavy atom. The molecule has 0 spiro atoms. The van der Waals surface area contributed by atoms with Gasteiger partial charge in [0.25, 0.3) is 0 Å². The molecule has 0 fully saturated rings. The minimum Gasteiger partial charge on any atom is -0.870 e. The summed E-state index contributed by atoms with van der Waals surface area (Å²) in [7, 11) is 0. The van der Waals surface area contributed by atoms with Crippen molar-refractivity contribution in [2.24, 2.45) is 0 Å². The van der Waals surface area contributed by atoms with Crippen molar-refractivity contribution in [2.75, 3.05) is 5.73 Å². The molecule has 2 heterocycles. The van der Waals surface area contributed by atoms with Crippen LogP contribution in [0.3, 0.4) is 0 Å². The van der Waals surface area contributed by atoms with Crippen LogP contribution in [0.15, 0.2) is 24.5 Å². The van der Waals surface area contributed by atoms with Crippen molar-refractivity contribution < 1.29 is 61.4 Å². The number of nitrogens with two attached hydrogens (primary N) is 1. The summed E-state index contributed by atoms with van der Waals surface area (Å²) in [4.78, 5) is 13.2. The monoisotopic (exact) mass is 923 g/mol. The maximum absolute atomic E-state index is 12.7. The largest absolute Gasteiger partial charge is 1.00 e. The van der Waals surface area contributed by atoms with Gasteiger partial charge in [0.1, 0.15) is 11.9 Å². The van der Waals surface area contributed by atoms with E-state index in [4.69, 9.17) is 129 Å². The van der Waals surface area contributed by atoms with Crippen LogP contribution in [0.25, 0.3) is 9.69 Å². The third-order valence-electron chi connectivity index (χ3n) is 5.87. The number of nitrogens with zero attached hydrogens (tertiary/aromatic N) is 6. The van der Waals surface area contributed by atoms with E-state index < -0.39 is 23.5 Å². The normalized spacial score (nSPS) is 10.3. The predicted octanol–water partition coefficient (Wildman–Crippen LogP) is 10.6. The molecule has 4 aromatic rings. The average Bonchev–Trinajstić information content (AvgIpc) is 3.05. The van der Waals surface area contributed by atoms with Gasteiger partial charge in [-0.3, -0.25) is 4.98 Å². The molecular formula is C29H9Cl9F6N7NaO. The molecule has 53 heavy (non-hydrogen) atoms. The number of aromatic nitrogens is 2. The number of nitriles is 2. The molecule has 0 aliphatic heterocycles. The zero-order valence-electron chi connectivity index (χ0n) is 25.4. The zero-order valence-corrected chi connectivity index (χ0v) is 34.2. The second kappa shape index (κ2) is 21.1. The molecule has 2 aromatic heterocycles. The molecule has 0 saturated carbocycles. The Bertz CT molecular complexity index is 2160. The summed E-state index contributed by atoms with van der Waals surface area (Å²) in [5, 5.41) is 17.0. The van der Waals surface area contributed by atoms with Gasteiger partial charge in [-0.2, -0.15) is 36.9 Å². The summed E-state index contributed by atoms with van der Waals surface area (Å²) in [6.07, 6.45) is -7.94. The van der Waals surface area contributed by atoms with Crippen LogP contribution in [0.1, 0.15) is 33.5 Å². The van der Waals surface area contributed by atoms with Gasteiger partial charge in [0.2, 0.25) is 11.4 Å². The Morgan fingerprint density at radius 1 is 0.642 bits per heavy atom. The number of halogens is 15. The summed E-state index contributed by atoms with van der Waals surface area (Å²) >= 11 is 52.1. The van der Waals surface area contributed by atoms with Crippen LogP contribution in [0.2, 0.25) is 45.2 Å². The van der Waals surface area contributed by atoms with Gasteiger partial charge in [0, 0.05) is 18.8 Å². The van der Waals surface area contributed by atoms with E-state index in [0.717, 1.165) is 12.1 Å². The van der Waals surface area contributed by atoms with E-state index in [-0.39, 0.29) is 126 Å². The van der Waals surface area contributed by atoms with Gasteiger partial charge in [-0.15, -0.1) is 0 Å². The van der Waals surface area contributed by atoms with Crippen molar-refractivity contribution in [3.63, 3.8) is 0 Å².